The van der Waals surface area contributed by atoms with Gasteiger partial charge in [-0.3, -0.25) is 9.59 Å². The number of carbonyl (C=O) groups is 2. The van der Waals surface area contributed by atoms with Crippen molar-refractivity contribution in [1.82, 2.24) is 4.98 Å². The number of aryl methyl sites for hydroxylation is 2. The quantitative estimate of drug-likeness (QED) is 0.851. The summed E-state index contributed by atoms with van der Waals surface area (Å²) in [5.41, 5.74) is 2.74. The van der Waals surface area contributed by atoms with Crippen molar-refractivity contribution in [2.75, 3.05) is 22.1 Å². The Kier molecular flexibility index (Phi) is 5.97. The van der Waals surface area contributed by atoms with E-state index < -0.39 is 0 Å². The van der Waals surface area contributed by atoms with E-state index in [9.17, 15) is 9.59 Å². The Hall–Kier alpha value is -1.86. The second-order valence-electron chi connectivity index (χ2n) is 4.75. The molecule has 0 aliphatic rings. The second-order valence-corrected chi connectivity index (χ2v) is 6.60. The monoisotopic (exact) mass is 335 g/mol. The van der Waals surface area contributed by atoms with Gasteiger partial charge in [0.25, 0.3) is 0 Å². The number of hydrogen-bond donors (Lipinski definition) is 2. The summed E-state index contributed by atoms with van der Waals surface area (Å²) in [6, 6.07) is 7.60. The van der Waals surface area contributed by atoms with Gasteiger partial charge in [-0.15, -0.1) is 23.1 Å². The van der Waals surface area contributed by atoms with E-state index in [2.05, 4.69) is 15.6 Å². The fourth-order valence-electron chi connectivity index (χ4n) is 1.72. The summed E-state index contributed by atoms with van der Waals surface area (Å²) in [4.78, 5) is 27.7. The smallest absolute Gasteiger partial charge is 0.236 e. The summed E-state index contributed by atoms with van der Waals surface area (Å²) in [6.45, 7) is 3.84. The Labute approximate surface area is 137 Å². The highest BCUT2D eigenvalue weighted by molar-refractivity contribution is 8.00. The number of hydrogen-bond acceptors (Lipinski definition) is 5. The molecule has 1 aromatic carbocycles. The first-order valence-electron chi connectivity index (χ1n) is 6.69. The molecule has 0 unspecified atom stereocenters. The molecular formula is C15H17N3O2S2. The Morgan fingerprint density at radius 3 is 2.55 bits per heavy atom. The highest BCUT2D eigenvalue weighted by atomic mass is 32.2. The number of aromatic nitrogens is 1. The number of anilines is 2. The van der Waals surface area contributed by atoms with Crippen molar-refractivity contribution in [3.63, 3.8) is 0 Å². The van der Waals surface area contributed by atoms with E-state index in [4.69, 9.17) is 0 Å². The predicted molar refractivity (Wildman–Crippen MR) is 92.6 cm³/mol. The third-order valence-electron chi connectivity index (χ3n) is 2.63. The molecule has 0 aliphatic carbocycles. The van der Waals surface area contributed by atoms with Crippen molar-refractivity contribution in [2.45, 2.75) is 13.8 Å². The van der Waals surface area contributed by atoms with Crippen molar-refractivity contribution in [3.8, 4) is 0 Å². The minimum Gasteiger partial charge on any atom is -0.325 e. The maximum Gasteiger partial charge on any atom is 0.236 e. The van der Waals surface area contributed by atoms with Gasteiger partial charge in [0.1, 0.15) is 0 Å². The lowest BCUT2D eigenvalue weighted by Gasteiger charge is -2.06. The molecule has 7 heteroatoms. The maximum absolute atomic E-state index is 11.8. The van der Waals surface area contributed by atoms with Gasteiger partial charge >= 0.3 is 0 Å². The van der Waals surface area contributed by atoms with E-state index in [1.54, 1.807) is 0 Å². The normalized spacial score (nSPS) is 10.3. The number of nitrogens with one attached hydrogen (secondary N) is 2. The van der Waals surface area contributed by atoms with E-state index in [0.717, 1.165) is 16.9 Å². The Balaban J connectivity index is 1.69. The zero-order valence-electron chi connectivity index (χ0n) is 12.4. The number of nitrogens with zero attached hydrogens (tertiary/aromatic N) is 1. The van der Waals surface area contributed by atoms with Gasteiger partial charge in [-0.25, -0.2) is 4.98 Å². The van der Waals surface area contributed by atoms with Crippen LogP contribution in [-0.4, -0.2) is 28.3 Å². The van der Waals surface area contributed by atoms with E-state index in [1.165, 1.54) is 23.1 Å². The Morgan fingerprint density at radius 1 is 1.18 bits per heavy atom. The van der Waals surface area contributed by atoms with Crippen molar-refractivity contribution in [2.24, 2.45) is 0 Å². The first-order chi connectivity index (χ1) is 10.5. The minimum absolute atomic E-state index is 0.117. The lowest BCUT2D eigenvalue weighted by molar-refractivity contribution is -0.114. The predicted octanol–water partition coefficient (Wildman–Crippen LogP) is 3.07. The average Bonchev–Trinajstić information content (AvgIpc) is 2.84. The fourth-order valence-corrected chi connectivity index (χ4v) is 3.04. The molecule has 5 nitrogen and oxygen atoms in total. The Morgan fingerprint density at radius 2 is 1.91 bits per heavy atom. The molecule has 1 heterocycles. The van der Waals surface area contributed by atoms with Crippen LogP contribution in [-0.2, 0) is 9.59 Å². The lowest BCUT2D eigenvalue weighted by Crippen LogP contribution is -2.18. The van der Waals surface area contributed by atoms with Crippen LogP contribution < -0.4 is 10.6 Å². The molecule has 0 saturated carbocycles. The third kappa shape index (κ3) is 5.50. The van der Waals surface area contributed by atoms with Crippen molar-refractivity contribution in [1.29, 1.82) is 0 Å². The fraction of sp³-hybridized carbons (Fsp3) is 0.267. The molecule has 22 heavy (non-hydrogen) atoms. The van der Waals surface area contributed by atoms with E-state index in [-0.39, 0.29) is 23.3 Å². The maximum atomic E-state index is 11.8. The van der Waals surface area contributed by atoms with Crippen LogP contribution in [0.5, 0.6) is 0 Å². The largest absolute Gasteiger partial charge is 0.325 e. The van der Waals surface area contributed by atoms with Crippen molar-refractivity contribution in [3.05, 3.63) is 40.9 Å². The molecule has 2 amide bonds. The van der Waals surface area contributed by atoms with Crippen LogP contribution in [0, 0.1) is 13.8 Å². The summed E-state index contributed by atoms with van der Waals surface area (Å²) < 4.78 is 0. The molecule has 0 aliphatic heterocycles. The average molecular weight is 335 g/mol. The summed E-state index contributed by atoms with van der Waals surface area (Å²) in [5, 5.41) is 7.98. The van der Waals surface area contributed by atoms with Gasteiger partial charge in [0.2, 0.25) is 11.8 Å². The van der Waals surface area contributed by atoms with Gasteiger partial charge < -0.3 is 10.6 Å². The van der Waals surface area contributed by atoms with Crippen LogP contribution in [0.2, 0.25) is 0 Å². The number of rotatable bonds is 6. The van der Waals surface area contributed by atoms with Gasteiger partial charge in [-0.05, 0) is 31.5 Å². The van der Waals surface area contributed by atoms with Crippen LogP contribution in [0.25, 0.3) is 0 Å². The minimum atomic E-state index is -0.150. The molecule has 2 N–H and O–H groups in total. The molecule has 1 aromatic heterocycles. The zero-order valence-corrected chi connectivity index (χ0v) is 14.0. The van der Waals surface area contributed by atoms with Crippen LogP contribution in [0.1, 0.15) is 11.3 Å². The molecule has 2 aromatic rings. The van der Waals surface area contributed by atoms with Gasteiger partial charge in [0.05, 0.1) is 17.2 Å². The number of thiazole rings is 1. The van der Waals surface area contributed by atoms with Crippen molar-refractivity contribution >= 4 is 45.7 Å². The molecule has 0 bridgehead atoms. The first-order valence-corrected chi connectivity index (χ1v) is 8.72. The highest BCUT2D eigenvalue weighted by Gasteiger charge is 2.08. The van der Waals surface area contributed by atoms with Crippen molar-refractivity contribution < 1.29 is 9.59 Å². The molecular weight excluding hydrogens is 318 g/mol. The van der Waals surface area contributed by atoms with Crippen LogP contribution >= 0.6 is 23.1 Å². The standard InChI is InChI=1S/C15H17N3O2S2/c1-10-4-3-5-12(6-10)17-13(19)8-21-9-14(20)18-15-16-11(2)7-22-15/h3-7H,8-9H2,1-2H3,(H,17,19)(H,16,18,20). The Bertz CT molecular complexity index is 670. The number of amides is 2. The second kappa shape index (κ2) is 7.95. The molecule has 0 saturated heterocycles. The van der Waals surface area contributed by atoms with Crippen LogP contribution in [0.15, 0.2) is 29.6 Å². The number of thioether (sulfide) groups is 1. The molecule has 0 spiro atoms. The summed E-state index contributed by atoms with van der Waals surface area (Å²) >= 11 is 2.66. The van der Waals surface area contributed by atoms with Gasteiger partial charge in [-0.2, -0.15) is 0 Å². The third-order valence-corrected chi connectivity index (χ3v) is 4.44. The first kappa shape index (κ1) is 16.5. The van der Waals surface area contributed by atoms with Gasteiger partial charge in [0.15, 0.2) is 5.13 Å². The van der Waals surface area contributed by atoms with E-state index in [1.807, 2.05) is 43.5 Å². The molecule has 2 rings (SSSR count). The van der Waals surface area contributed by atoms with Gasteiger partial charge in [0, 0.05) is 11.1 Å². The van der Waals surface area contributed by atoms with Crippen LogP contribution in [0.4, 0.5) is 10.8 Å². The lowest BCUT2D eigenvalue weighted by atomic mass is 10.2. The summed E-state index contributed by atoms with van der Waals surface area (Å²) in [6.07, 6.45) is 0. The molecule has 116 valence electrons. The van der Waals surface area contributed by atoms with E-state index >= 15 is 0 Å². The zero-order chi connectivity index (χ0) is 15.9. The summed E-state index contributed by atoms with van der Waals surface area (Å²) in [7, 11) is 0. The van der Waals surface area contributed by atoms with E-state index in [0.29, 0.717) is 5.13 Å². The molecule has 0 atom stereocenters. The van der Waals surface area contributed by atoms with Gasteiger partial charge in [-0.1, -0.05) is 12.1 Å². The highest BCUT2D eigenvalue weighted by Crippen LogP contribution is 2.15. The number of benzene rings is 1. The topological polar surface area (TPSA) is 71.1 Å². The SMILES string of the molecule is Cc1cccc(NC(=O)CSCC(=O)Nc2nc(C)cs2)c1. The molecule has 0 fully saturated rings. The summed E-state index contributed by atoms with van der Waals surface area (Å²) in [5.74, 6) is 0.189. The number of carbonyl (C=O) groups excluding carboxylic acids is 2. The van der Waals surface area contributed by atoms with Crippen LogP contribution in [0.3, 0.4) is 0 Å². The molecule has 0 radical (unpaired) electrons.